The van der Waals surface area contributed by atoms with Crippen molar-refractivity contribution in [2.24, 2.45) is 0 Å². The average molecular weight is 256 g/mol. The summed E-state index contributed by atoms with van der Waals surface area (Å²) >= 11 is 0. The molecule has 0 fully saturated rings. The molecule has 1 amide bonds. The van der Waals surface area contributed by atoms with Gasteiger partial charge in [0.25, 0.3) is 0 Å². The molecule has 0 aliphatic heterocycles. The molecule has 0 radical (unpaired) electrons. The van der Waals surface area contributed by atoms with Crippen molar-refractivity contribution in [3.05, 3.63) is 47.9 Å². The molecule has 0 unspecified atom stereocenters. The topological polar surface area (TPSA) is 70.7 Å². The smallest absolute Gasteiger partial charge is 0.249 e. The number of carbonyl (C=O) groups excluding carboxylic acids is 1. The normalized spacial score (nSPS) is 10.8. The van der Waals surface area contributed by atoms with E-state index in [1.165, 1.54) is 6.08 Å². The van der Waals surface area contributed by atoms with E-state index in [2.05, 4.69) is 27.4 Å². The molecule has 0 aliphatic rings. The number of pyridine rings is 1. The monoisotopic (exact) mass is 256 g/mol. The lowest BCUT2D eigenvalue weighted by atomic mass is 10.2. The number of H-pyrrole nitrogens is 1. The van der Waals surface area contributed by atoms with Crippen molar-refractivity contribution >= 4 is 17.8 Å². The summed E-state index contributed by atoms with van der Waals surface area (Å²) in [5.41, 5.74) is 1.90. The minimum atomic E-state index is -0.210. The summed E-state index contributed by atoms with van der Waals surface area (Å²) in [6, 6.07) is 5.55. The predicted octanol–water partition coefficient (Wildman–Crippen LogP) is 2.41. The Hall–Kier alpha value is -2.43. The molecule has 19 heavy (non-hydrogen) atoms. The molecule has 0 spiro atoms. The molecule has 0 aliphatic carbocycles. The Balaban J connectivity index is 1.92. The SMILES string of the molecule is CCCc1cc(NC(=O)/C=C/c2cccnc2)n[nH]1. The molecule has 0 saturated heterocycles. The lowest BCUT2D eigenvalue weighted by molar-refractivity contribution is -0.111. The Labute approximate surface area is 111 Å². The summed E-state index contributed by atoms with van der Waals surface area (Å²) in [7, 11) is 0. The van der Waals surface area contributed by atoms with Crippen LogP contribution < -0.4 is 5.32 Å². The van der Waals surface area contributed by atoms with Gasteiger partial charge in [0.05, 0.1) is 0 Å². The molecule has 2 rings (SSSR count). The van der Waals surface area contributed by atoms with Crippen molar-refractivity contribution in [3.63, 3.8) is 0 Å². The first-order chi connectivity index (χ1) is 9.28. The van der Waals surface area contributed by atoms with Crippen LogP contribution in [0.2, 0.25) is 0 Å². The van der Waals surface area contributed by atoms with Gasteiger partial charge >= 0.3 is 0 Å². The van der Waals surface area contributed by atoms with Gasteiger partial charge in [0, 0.05) is 30.2 Å². The summed E-state index contributed by atoms with van der Waals surface area (Å²) in [6.45, 7) is 2.09. The summed E-state index contributed by atoms with van der Waals surface area (Å²) < 4.78 is 0. The van der Waals surface area contributed by atoms with E-state index in [0.29, 0.717) is 5.82 Å². The van der Waals surface area contributed by atoms with E-state index in [4.69, 9.17) is 0 Å². The second kappa shape index (κ2) is 6.49. The van der Waals surface area contributed by atoms with E-state index in [1.807, 2.05) is 18.2 Å². The number of nitrogens with one attached hydrogen (secondary N) is 2. The zero-order valence-electron chi connectivity index (χ0n) is 10.8. The number of aryl methyl sites for hydroxylation is 1. The van der Waals surface area contributed by atoms with Crippen molar-refractivity contribution in [1.29, 1.82) is 0 Å². The van der Waals surface area contributed by atoms with Gasteiger partial charge in [-0.2, -0.15) is 5.10 Å². The number of rotatable bonds is 5. The highest BCUT2D eigenvalue weighted by atomic mass is 16.1. The van der Waals surface area contributed by atoms with Gasteiger partial charge in [-0.15, -0.1) is 0 Å². The van der Waals surface area contributed by atoms with Gasteiger partial charge in [-0.1, -0.05) is 19.4 Å². The predicted molar refractivity (Wildman–Crippen MR) is 74.5 cm³/mol. The van der Waals surface area contributed by atoms with E-state index in [-0.39, 0.29) is 5.91 Å². The molecule has 0 bridgehead atoms. The standard InChI is InChI=1S/C14H16N4O/c1-2-4-12-9-13(18-17-12)16-14(19)7-6-11-5-3-8-15-10-11/h3,5-10H,2,4H2,1H3,(H2,16,17,18,19)/b7-6+. The van der Waals surface area contributed by atoms with E-state index in [9.17, 15) is 4.79 Å². The molecule has 5 heteroatoms. The second-order valence-electron chi connectivity index (χ2n) is 4.14. The maximum absolute atomic E-state index is 11.7. The molecule has 2 N–H and O–H groups in total. The minimum absolute atomic E-state index is 0.210. The fourth-order valence-corrected chi connectivity index (χ4v) is 1.64. The number of nitrogens with zero attached hydrogens (tertiary/aromatic N) is 2. The van der Waals surface area contributed by atoms with E-state index in [1.54, 1.807) is 18.5 Å². The third kappa shape index (κ3) is 4.06. The highest BCUT2D eigenvalue weighted by Crippen LogP contribution is 2.07. The van der Waals surface area contributed by atoms with Crippen molar-refractivity contribution < 1.29 is 4.79 Å². The average Bonchev–Trinajstić information content (AvgIpc) is 2.85. The van der Waals surface area contributed by atoms with Gasteiger partial charge in [-0.3, -0.25) is 14.9 Å². The summed E-state index contributed by atoms with van der Waals surface area (Å²) in [4.78, 5) is 15.7. The number of hydrogen-bond donors (Lipinski definition) is 2. The van der Waals surface area contributed by atoms with Crippen LogP contribution in [0.4, 0.5) is 5.82 Å². The van der Waals surface area contributed by atoms with Crippen molar-refractivity contribution in [1.82, 2.24) is 15.2 Å². The Morgan fingerprint density at radius 2 is 2.42 bits per heavy atom. The number of carbonyl (C=O) groups is 1. The van der Waals surface area contributed by atoms with E-state index >= 15 is 0 Å². The minimum Gasteiger partial charge on any atom is -0.306 e. The lowest BCUT2D eigenvalue weighted by Crippen LogP contribution is -2.07. The number of anilines is 1. The van der Waals surface area contributed by atoms with Crippen LogP contribution in [0.3, 0.4) is 0 Å². The molecule has 98 valence electrons. The molecule has 0 atom stereocenters. The quantitative estimate of drug-likeness (QED) is 0.807. The molecule has 0 saturated carbocycles. The van der Waals surface area contributed by atoms with Crippen LogP contribution in [-0.2, 0) is 11.2 Å². The number of aromatic amines is 1. The maximum atomic E-state index is 11.7. The summed E-state index contributed by atoms with van der Waals surface area (Å²) in [5.74, 6) is 0.336. The van der Waals surface area contributed by atoms with Gasteiger partial charge in [0.2, 0.25) is 5.91 Å². The Kier molecular flexibility index (Phi) is 4.44. The maximum Gasteiger partial charge on any atom is 0.249 e. The first kappa shape index (κ1) is 13.0. The van der Waals surface area contributed by atoms with Crippen LogP contribution >= 0.6 is 0 Å². The zero-order valence-corrected chi connectivity index (χ0v) is 10.8. The van der Waals surface area contributed by atoms with Crippen molar-refractivity contribution in [3.8, 4) is 0 Å². The van der Waals surface area contributed by atoms with Gasteiger partial charge in [-0.05, 0) is 24.1 Å². The largest absolute Gasteiger partial charge is 0.306 e. The first-order valence-electron chi connectivity index (χ1n) is 6.21. The van der Waals surface area contributed by atoms with Gasteiger partial charge in [-0.25, -0.2) is 0 Å². The van der Waals surface area contributed by atoms with Crippen LogP contribution in [0.1, 0.15) is 24.6 Å². The number of aromatic nitrogens is 3. The van der Waals surface area contributed by atoms with Crippen LogP contribution in [0.15, 0.2) is 36.7 Å². The molecule has 0 aromatic carbocycles. The zero-order chi connectivity index (χ0) is 13.5. The highest BCUT2D eigenvalue weighted by Gasteiger charge is 2.02. The summed E-state index contributed by atoms with van der Waals surface area (Å²) in [5, 5.41) is 9.62. The third-order valence-electron chi connectivity index (χ3n) is 2.51. The molecule has 2 aromatic rings. The molecular weight excluding hydrogens is 240 g/mol. The van der Waals surface area contributed by atoms with Crippen LogP contribution in [0, 0.1) is 0 Å². The lowest BCUT2D eigenvalue weighted by Gasteiger charge is -1.95. The molecule has 2 heterocycles. The molecule has 5 nitrogen and oxygen atoms in total. The van der Waals surface area contributed by atoms with Gasteiger partial charge in [0.15, 0.2) is 5.82 Å². The van der Waals surface area contributed by atoms with Crippen molar-refractivity contribution in [2.45, 2.75) is 19.8 Å². The van der Waals surface area contributed by atoms with Crippen molar-refractivity contribution in [2.75, 3.05) is 5.32 Å². The van der Waals surface area contributed by atoms with Gasteiger partial charge in [0.1, 0.15) is 0 Å². The van der Waals surface area contributed by atoms with Crippen LogP contribution in [0.25, 0.3) is 6.08 Å². The fourth-order valence-electron chi connectivity index (χ4n) is 1.64. The first-order valence-corrected chi connectivity index (χ1v) is 6.21. The highest BCUT2D eigenvalue weighted by molar-refractivity contribution is 6.01. The number of hydrogen-bond acceptors (Lipinski definition) is 3. The molecular formula is C14H16N4O. The van der Waals surface area contributed by atoms with Crippen LogP contribution in [-0.4, -0.2) is 21.1 Å². The Morgan fingerprint density at radius 1 is 1.53 bits per heavy atom. The Bertz CT molecular complexity index is 560. The third-order valence-corrected chi connectivity index (χ3v) is 2.51. The van der Waals surface area contributed by atoms with Gasteiger partial charge < -0.3 is 5.32 Å². The fraction of sp³-hybridized carbons (Fsp3) is 0.214. The number of amides is 1. The molecule has 2 aromatic heterocycles. The second-order valence-corrected chi connectivity index (χ2v) is 4.14. The van der Waals surface area contributed by atoms with E-state index in [0.717, 1.165) is 24.1 Å². The van der Waals surface area contributed by atoms with Crippen LogP contribution in [0.5, 0.6) is 0 Å². The van der Waals surface area contributed by atoms with E-state index < -0.39 is 0 Å². The Morgan fingerprint density at radius 3 is 3.16 bits per heavy atom. The summed E-state index contributed by atoms with van der Waals surface area (Å²) in [6.07, 6.45) is 8.52.